The summed E-state index contributed by atoms with van der Waals surface area (Å²) in [5.74, 6) is 0. The molecule has 0 fully saturated rings. The normalized spacial score (nSPS) is 11.8. The first-order valence-electron chi connectivity index (χ1n) is 6.42. The fourth-order valence-corrected chi connectivity index (χ4v) is 1.50. The molecule has 0 spiro atoms. The van der Waals surface area contributed by atoms with Crippen LogP contribution in [0.5, 0.6) is 0 Å². The van der Waals surface area contributed by atoms with Gasteiger partial charge in [-0.1, -0.05) is 0 Å². The highest BCUT2D eigenvalue weighted by molar-refractivity contribution is 4.52. The monoisotopic (exact) mass is 261 g/mol. The Morgan fingerprint density at radius 2 is 1.61 bits per heavy atom. The van der Waals surface area contributed by atoms with Crippen LogP contribution in [0.3, 0.4) is 0 Å². The van der Waals surface area contributed by atoms with Crippen LogP contribution in [0.25, 0.3) is 0 Å². The van der Waals surface area contributed by atoms with Gasteiger partial charge in [-0.3, -0.25) is 0 Å². The second kappa shape index (κ2) is 12.3. The Morgan fingerprint density at radius 1 is 1.00 bits per heavy atom. The van der Waals surface area contributed by atoms with E-state index >= 15 is 0 Å². The summed E-state index contributed by atoms with van der Waals surface area (Å²) in [5.41, 5.74) is 10.7. The Labute approximate surface area is 108 Å². The van der Waals surface area contributed by atoms with E-state index in [-0.39, 0.29) is 4.97 Å². The zero-order valence-corrected chi connectivity index (χ0v) is 10.9. The second-order valence-corrected chi connectivity index (χ2v) is 4.03. The van der Waals surface area contributed by atoms with Gasteiger partial charge in [0.15, 0.2) is 0 Å². The number of nitrogens with one attached hydrogen (secondary N) is 1. The summed E-state index contributed by atoms with van der Waals surface area (Å²) in [7, 11) is 0. The fourth-order valence-electron chi connectivity index (χ4n) is 1.50. The number of hydrazine groups is 1. The summed E-state index contributed by atoms with van der Waals surface area (Å²) in [5, 5.41) is 28.3. The molecule has 0 aliphatic rings. The van der Waals surface area contributed by atoms with Gasteiger partial charge in [0.05, 0.1) is 13.1 Å². The van der Waals surface area contributed by atoms with E-state index in [4.69, 9.17) is 11.5 Å². The van der Waals surface area contributed by atoms with E-state index in [2.05, 4.69) is 10.6 Å². The van der Waals surface area contributed by atoms with E-state index in [1.54, 1.807) is 0 Å². The average molecular weight is 261 g/mol. The first-order chi connectivity index (χ1) is 8.76. The predicted octanol–water partition coefficient (Wildman–Crippen LogP) is -0.269. The van der Waals surface area contributed by atoms with Crippen molar-refractivity contribution in [3.8, 4) is 0 Å². The molecule has 8 nitrogen and oxygen atoms in total. The highest BCUT2D eigenvalue weighted by atomic mass is 16.6. The van der Waals surface area contributed by atoms with E-state index in [0.29, 0.717) is 32.6 Å². The second-order valence-electron chi connectivity index (χ2n) is 4.03. The molecule has 0 aromatic rings. The molecule has 0 amide bonds. The van der Waals surface area contributed by atoms with Gasteiger partial charge in [0, 0.05) is 4.97 Å². The summed E-state index contributed by atoms with van der Waals surface area (Å²) in [6.07, 6.45) is 3.40. The van der Waals surface area contributed by atoms with Crippen molar-refractivity contribution in [2.24, 2.45) is 16.7 Å². The first-order valence-corrected chi connectivity index (χ1v) is 6.42. The average Bonchev–Trinajstić information content (AvgIpc) is 2.40. The molecule has 0 saturated carbocycles. The van der Waals surface area contributed by atoms with Crippen LogP contribution < -0.4 is 16.8 Å². The lowest BCUT2D eigenvalue weighted by Gasteiger charge is -2.19. The Hall–Kier alpha value is -1.12. The van der Waals surface area contributed by atoms with Crippen LogP contribution in [-0.4, -0.2) is 49.2 Å². The molecule has 8 heteroatoms. The number of hydrogen-bond donors (Lipinski definition) is 3. The molecule has 5 N–H and O–H groups in total. The molecule has 0 aromatic carbocycles. The van der Waals surface area contributed by atoms with Crippen molar-refractivity contribution < 1.29 is 4.97 Å². The minimum Gasteiger partial charge on any atom is -0.737 e. The molecule has 0 aromatic heterocycles. The smallest absolute Gasteiger partial charge is 0.0779 e. The minimum atomic E-state index is 0.109. The van der Waals surface area contributed by atoms with Gasteiger partial charge >= 0.3 is 0 Å². The summed E-state index contributed by atoms with van der Waals surface area (Å²) in [6, 6.07) is 0. The van der Waals surface area contributed by atoms with Crippen LogP contribution in [0.2, 0.25) is 0 Å². The number of hydrogen-bond acceptors (Lipinski definition) is 6. The van der Waals surface area contributed by atoms with Crippen molar-refractivity contribution in [2.45, 2.75) is 25.7 Å². The van der Waals surface area contributed by atoms with Gasteiger partial charge in [0.25, 0.3) is 0 Å². The van der Waals surface area contributed by atoms with E-state index in [1.165, 1.54) is 5.01 Å². The SMILES string of the molecule is NCCCNCCCCN(CCCN)/[N+]([O-])=N\[O-]. The van der Waals surface area contributed by atoms with Crippen LogP contribution in [0.4, 0.5) is 0 Å². The maximum atomic E-state index is 11.1. The number of nitrogens with two attached hydrogens (primary N) is 2. The molecule has 0 bridgehead atoms. The van der Waals surface area contributed by atoms with E-state index in [1.807, 2.05) is 0 Å². The lowest BCUT2D eigenvalue weighted by Crippen LogP contribution is -2.33. The minimum absolute atomic E-state index is 0.109. The van der Waals surface area contributed by atoms with Crippen molar-refractivity contribution in [3.05, 3.63) is 10.4 Å². The molecule has 0 aliphatic heterocycles. The van der Waals surface area contributed by atoms with E-state index < -0.39 is 0 Å². The number of unbranched alkanes of at least 4 members (excludes halogenated alkanes) is 1. The summed E-state index contributed by atoms with van der Waals surface area (Å²) in [4.78, 5) is 0.109. The molecule has 18 heavy (non-hydrogen) atoms. The zero-order chi connectivity index (χ0) is 13.6. The van der Waals surface area contributed by atoms with Crippen LogP contribution >= 0.6 is 0 Å². The highest BCUT2D eigenvalue weighted by Gasteiger charge is 2.09. The summed E-state index contributed by atoms with van der Waals surface area (Å²) < 4.78 is 0. The third kappa shape index (κ3) is 8.97. The van der Waals surface area contributed by atoms with Gasteiger partial charge in [-0.05, 0) is 57.1 Å². The predicted molar refractivity (Wildman–Crippen MR) is 70.4 cm³/mol. The lowest BCUT2D eigenvalue weighted by molar-refractivity contribution is -0.690. The molecular weight excluding hydrogens is 236 g/mol. The van der Waals surface area contributed by atoms with Crippen molar-refractivity contribution in [3.63, 3.8) is 0 Å². The van der Waals surface area contributed by atoms with Crippen LogP contribution in [0, 0.1) is 10.4 Å². The van der Waals surface area contributed by atoms with Gasteiger partial charge in [-0.25, -0.2) is 0 Å². The Balaban J connectivity index is 3.63. The van der Waals surface area contributed by atoms with Crippen molar-refractivity contribution in [1.29, 1.82) is 0 Å². The van der Waals surface area contributed by atoms with Crippen LogP contribution in [0.1, 0.15) is 25.7 Å². The van der Waals surface area contributed by atoms with Crippen LogP contribution in [-0.2, 0) is 0 Å². The molecule has 0 aliphatic carbocycles. The molecular formula is C10H25N6O2-. The molecule has 0 saturated heterocycles. The number of rotatable bonds is 12. The van der Waals surface area contributed by atoms with Crippen molar-refractivity contribution in [1.82, 2.24) is 10.3 Å². The largest absolute Gasteiger partial charge is 0.737 e. The number of nitrogens with zero attached hydrogens (tertiary/aromatic N) is 3. The maximum absolute atomic E-state index is 11.1. The highest BCUT2D eigenvalue weighted by Crippen LogP contribution is 1.98. The zero-order valence-electron chi connectivity index (χ0n) is 10.9. The quantitative estimate of drug-likeness (QED) is 0.192. The van der Waals surface area contributed by atoms with Gasteiger partial charge in [0.2, 0.25) is 0 Å². The standard InChI is InChI=1S/C10H26N6O2/c11-5-3-8-13-7-1-2-9-15(10-4-6-12)16(18)14-17/h13,17H,1-12H2/p-1/b16-14+. The Kier molecular flexibility index (Phi) is 11.6. The van der Waals surface area contributed by atoms with Crippen LogP contribution in [0.15, 0.2) is 5.28 Å². The summed E-state index contributed by atoms with van der Waals surface area (Å²) >= 11 is 0. The van der Waals surface area contributed by atoms with Gasteiger partial charge in [-0.15, -0.1) is 5.01 Å². The summed E-state index contributed by atoms with van der Waals surface area (Å²) in [6.45, 7) is 3.97. The third-order valence-electron chi connectivity index (χ3n) is 2.51. The van der Waals surface area contributed by atoms with Gasteiger partial charge in [0.1, 0.15) is 0 Å². The molecule has 0 rings (SSSR count). The topological polar surface area (TPSA) is 129 Å². The third-order valence-corrected chi connectivity index (χ3v) is 2.51. The van der Waals surface area contributed by atoms with Gasteiger partial charge in [-0.2, -0.15) is 0 Å². The molecule has 0 atom stereocenters. The molecule has 0 unspecified atom stereocenters. The van der Waals surface area contributed by atoms with Crippen molar-refractivity contribution >= 4 is 0 Å². The Morgan fingerprint density at radius 3 is 2.22 bits per heavy atom. The first kappa shape index (κ1) is 16.9. The maximum Gasteiger partial charge on any atom is 0.0779 e. The molecule has 0 heterocycles. The van der Waals surface area contributed by atoms with E-state index in [0.717, 1.165) is 32.4 Å². The van der Waals surface area contributed by atoms with Crippen molar-refractivity contribution in [2.75, 3.05) is 39.3 Å². The lowest BCUT2D eigenvalue weighted by atomic mass is 10.3. The fraction of sp³-hybridized carbons (Fsp3) is 1.00. The Bertz CT molecular complexity index is 215. The van der Waals surface area contributed by atoms with Gasteiger partial charge < -0.3 is 27.2 Å². The molecule has 0 radical (unpaired) electrons. The van der Waals surface area contributed by atoms with E-state index in [9.17, 15) is 10.4 Å². The molecule has 108 valence electrons.